The average Bonchev–Trinajstić information content (AvgIpc) is 2.51. The van der Waals surface area contributed by atoms with Crippen molar-refractivity contribution in [2.24, 2.45) is 0 Å². The van der Waals surface area contributed by atoms with Gasteiger partial charge in [-0.25, -0.2) is 0 Å². The van der Waals surface area contributed by atoms with Crippen LogP contribution in [-0.4, -0.2) is 30.1 Å². The number of nitrogens with one attached hydrogen (secondary N) is 1. The van der Waals surface area contributed by atoms with Crippen molar-refractivity contribution >= 4 is 0 Å². The maximum absolute atomic E-state index is 3.57. The first kappa shape index (κ1) is 14.5. The highest BCUT2D eigenvalue weighted by molar-refractivity contribution is 5.21. The molecule has 0 saturated carbocycles. The third-order valence-corrected chi connectivity index (χ3v) is 5.01. The van der Waals surface area contributed by atoms with Gasteiger partial charge >= 0.3 is 0 Å². The second kappa shape index (κ2) is 6.53. The van der Waals surface area contributed by atoms with Crippen molar-refractivity contribution < 1.29 is 0 Å². The molecule has 1 aliphatic heterocycles. The number of nitrogens with zero attached hydrogens (tertiary/aromatic N) is 1. The van der Waals surface area contributed by atoms with Crippen molar-refractivity contribution in [3.63, 3.8) is 0 Å². The summed E-state index contributed by atoms with van der Waals surface area (Å²) in [6.45, 7) is 10.4. The zero-order valence-electron chi connectivity index (χ0n) is 12.7. The molecular weight excluding hydrogens is 232 g/mol. The predicted octanol–water partition coefficient (Wildman–Crippen LogP) is 3.60. The van der Waals surface area contributed by atoms with E-state index in [-0.39, 0.29) is 0 Å². The molecule has 1 saturated heterocycles. The molecule has 1 aromatic carbocycles. The Balaban J connectivity index is 2.30. The van der Waals surface area contributed by atoms with Crippen LogP contribution in [0.1, 0.15) is 51.6 Å². The lowest BCUT2D eigenvalue weighted by Gasteiger charge is -2.50. The molecule has 1 aromatic rings. The molecule has 106 valence electrons. The molecule has 1 aliphatic rings. The van der Waals surface area contributed by atoms with Crippen molar-refractivity contribution in [2.75, 3.05) is 19.6 Å². The highest BCUT2D eigenvalue weighted by Gasteiger charge is 2.37. The van der Waals surface area contributed by atoms with E-state index in [0.717, 1.165) is 19.6 Å². The van der Waals surface area contributed by atoms with Gasteiger partial charge in [0.25, 0.3) is 0 Å². The lowest BCUT2D eigenvalue weighted by Crippen LogP contribution is -2.57. The van der Waals surface area contributed by atoms with Crippen molar-refractivity contribution in [2.45, 2.75) is 51.6 Å². The van der Waals surface area contributed by atoms with Crippen molar-refractivity contribution in [1.29, 1.82) is 0 Å². The van der Waals surface area contributed by atoms with Crippen molar-refractivity contribution in [1.82, 2.24) is 10.2 Å². The molecule has 0 radical (unpaired) electrons. The highest BCUT2D eigenvalue weighted by atomic mass is 15.3. The summed E-state index contributed by atoms with van der Waals surface area (Å²) in [4.78, 5) is 2.76. The highest BCUT2D eigenvalue weighted by Crippen LogP contribution is 2.36. The van der Waals surface area contributed by atoms with Crippen LogP contribution >= 0.6 is 0 Å². The van der Waals surface area contributed by atoms with E-state index in [1.807, 2.05) is 0 Å². The molecule has 1 atom stereocenters. The van der Waals surface area contributed by atoms with Crippen LogP contribution in [0.5, 0.6) is 0 Å². The maximum atomic E-state index is 3.57. The first-order valence-corrected chi connectivity index (χ1v) is 7.79. The first-order valence-electron chi connectivity index (χ1n) is 7.79. The second-order valence-electron chi connectivity index (χ2n) is 5.61. The van der Waals surface area contributed by atoms with Gasteiger partial charge in [-0.3, -0.25) is 4.90 Å². The van der Waals surface area contributed by atoms with Crippen LogP contribution in [0.3, 0.4) is 0 Å². The molecule has 1 fully saturated rings. The Morgan fingerprint density at radius 2 is 1.74 bits per heavy atom. The van der Waals surface area contributed by atoms with E-state index in [2.05, 4.69) is 61.3 Å². The topological polar surface area (TPSA) is 15.3 Å². The van der Waals surface area contributed by atoms with Gasteiger partial charge in [-0.2, -0.15) is 0 Å². The number of benzene rings is 1. The minimum Gasteiger partial charge on any atom is -0.314 e. The lowest BCUT2D eigenvalue weighted by atomic mass is 9.84. The zero-order valence-corrected chi connectivity index (χ0v) is 12.7. The monoisotopic (exact) mass is 260 g/mol. The van der Waals surface area contributed by atoms with Gasteiger partial charge in [0.1, 0.15) is 0 Å². The van der Waals surface area contributed by atoms with E-state index < -0.39 is 0 Å². The van der Waals surface area contributed by atoms with Gasteiger partial charge in [-0.15, -0.1) is 0 Å². The van der Waals surface area contributed by atoms with Crippen LogP contribution in [0.15, 0.2) is 30.3 Å². The summed E-state index contributed by atoms with van der Waals surface area (Å²) < 4.78 is 0. The predicted molar refractivity (Wildman–Crippen MR) is 82.4 cm³/mol. The molecule has 1 heterocycles. The van der Waals surface area contributed by atoms with Crippen LogP contribution in [0.25, 0.3) is 0 Å². The Kier molecular flexibility index (Phi) is 5.00. The Labute approximate surface area is 118 Å². The van der Waals surface area contributed by atoms with Gasteiger partial charge < -0.3 is 5.32 Å². The molecule has 0 amide bonds. The summed E-state index contributed by atoms with van der Waals surface area (Å²) >= 11 is 0. The maximum Gasteiger partial charge on any atom is 0.0478 e. The molecule has 2 nitrogen and oxygen atoms in total. The van der Waals surface area contributed by atoms with Gasteiger partial charge in [0.15, 0.2) is 0 Å². The summed E-state index contributed by atoms with van der Waals surface area (Å²) in [7, 11) is 0. The quantitative estimate of drug-likeness (QED) is 0.870. The van der Waals surface area contributed by atoms with Gasteiger partial charge in [0, 0.05) is 31.2 Å². The minimum absolute atomic E-state index is 0.364. The Bertz CT molecular complexity index is 362. The Morgan fingerprint density at radius 1 is 1.11 bits per heavy atom. The number of rotatable bonds is 5. The molecule has 2 heteroatoms. The third-order valence-electron chi connectivity index (χ3n) is 5.01. The molecule has 1 unspecified atom stereocenters. The molecule has 1 N–H and O–H groups in total. The molecule has 19 heavy (non-hydrogen) atoms. The van der Waals surface area contributed by atoms with E-state index in [1.54, 1.807) is 0 Å². The van der Waals surface area contributed by atoms with Gasteiger partial charge in [0.05, 0.1) is 0 Å². The molecule has 2 rings (SSSR count). The molecular formula is C17H28N2. The smallest absolute Gasteiger partial charge is 0.0478 e. The van der Waals surface area contributed by atoms with E-state index in [9.17, 15) is 0 Å². The molecule has 0 bridgehead atoms. The Morgan fingerprint density at radius 3 is 2.32 bits per heavy atom. The fraction of sp³-hybridized carbons (Fsp3) is 0.647. The SMILES string of the molecule is CCC(CC)(CC)N1CCNCC1c1ccccc1. The van der Waals surface area contributed by atoms with E-state index in [4.69, 9.17) is 0 Å². The van der Waals surface area contributed by atoms with Crippen LogP contribution in [0.2, 0.25) is 0 Å². The Hall–Kier alpha value is -0.860. The van der Waals surface area contributed by atoms with Crippen molar-refractivity contribution in [3.8, 4) is 0 Å². The van der Waals surface area contributed by atoms with Crippen LogP contribution < -0.4 is 5.32 Å². The van der Waals surface area contributed by atoms with E-state index >= 15 is 0 Å². The molecule has 0 aliphatic carbocycles. The van der Waals surface area contributed by atoms with Crippen LogP contribution in [0, 0.1) is 0 Å². The van der Waals surface area contributed by atoms with Crippen LogP contribution in [0.4, 0.5) is 0 Å². The summed E-state index contributed by atoms with van der Waals surface area (Å²) in [6, 6.07) is 11.5. The largest absolute Gasteiger partial charge is 0.314 e. The minimum atomic E-state index is 0.364. The first-order chi connectivity index (χ1) is 9.27. The summed E-state index contributed by atoms with van der Waals surface area (Å²) in [5.41, 5.74) is 1.82. The van der Waals surface area contributed by atoms with Gasteiger partial charge in [-0.05, 0) is 24.8 Å². The fourth-order valence-electron chi connectivity index (χ4n) is 3.60. The number of piperazine rings is 1. The van der Waals surface area contributed by atoms with Crippen molar-refractivity contribution in [3.05, 3.63) is 35.9 Å². The fourth-order valence-corrected chi connectivity index (χ4v) is 3.60. The summed E-state index contributed by atoms with van der Waals surface area (Å²) in [6.07, 6.45) is 3.72. The molecule has 0 spiro atoms. The number of hydrogen-bond donors (Lipinski definition) is 1. The van der Waals surface area contributed by atoms with E-state index in [1.165, 1.54) is 24.8 Å². The lowest BCUT2D eigenvalue weighted by molar-refractivity contribution is 0.0141. The van der Waals surface area contributed by atoms with Gasteiger partial charge in [0.2, 0.25) is 0 Å². The van der Waals surface area contributed by atoms with Crippen LogP contribution in [-0.2, 0) is 0 Å². The summed E-state index contributed by atoms with van der Waals surface area (Å²) in [5, 5.41) is 3.57. The normalized spacial score (nSPS) is 21.5. The molecule has 0 aromatic heterocycles. The second-order valence-corrected chi connectivity index (χ2v) is 5.61. The standard InChI is InChI=1S/C17H28N2/c1-4-17(5-2,6-3)19-13-12-18-14-16(19)15-10-8-7-9-11-15/h7-11,16,18H,4-6,12-14H2,1-3H3. The summed E-state index contributed by atoms with van der Waals surface area (Å²) in [5.74, 6) is 0. The third kappa shape index (κ3) is 2.85. The number of hydrogen-bond acceptors (Lipinski definition) is 2. The average molecular weight is 260 g/mol. The van der Waals surface area contributed by atoms with E-state index in [0.29, 0.717) is 11.6 Å². The van der Waals surface area contributed by atoms with Gasteiger partial charge in [-0.1, -0.05) is 51.1 Å². The zero-order chi connectivity index (χ0) is 13.7.